The number of anilines is 1. The monoisotopic (exact) mass is 357 g/mol. The standard InChI is InChI=1S/C23H16FNO2/c1-15(26)25-21-5-3-2-4-20(21)23(27)22(25)14-16-6-8-17(9-7-16)18-10-12-19(24)13-11-18/h2-14H,1H3/b22-14+. The number of allylic oxidation sites excluding steroid dienone is 1. The van der Waals surface area contributed by atoms with Crippen LogP contribution in [0.15, 0.2) is 78.5 Å². The fourth-order valence-electron chi connectivity index (χ4n) is 3.27. The van der Waals surface area contributed by atoms with Gasteiger partial charge in [-0.2, -0.15) is 0 Å². The van der Waals surface area contributed by atoms with E-state index in [4.69, 9.17) is 0 Å². The van der Waals surface area contributed by atoms with E-state index in [1.54, 1.807) is 36.4 Å². The van der Waals surface area contributed by atoms with Crippen molar-refractivity contribution in [2.24, 2.45) is 0 Å². The van der Waals surface area contributed by atoms with Crippen LogP contribution in [0.2, 0.25) is 0 Å². The van der Waals surface area contributed by atoms with Gasteiger partial charge in [0, 0.05) is 12.5 Å². The SMILES string of the molecule is CC(=O)N1/C(=C/c2ccc(-c3ccc(F)cc3)cc2)C(=O)c2ccccc21. The van der Waals surface area contributed by atoms with E-state index in [0.29, 0.717) is 16.9 Å². The van der Waals surface area contributed by atoms with Gasteiger partial charge in [0.1, 0.15) is 5.82 Å². The van der Waals surface area contributed by atoms with E-state index in [1.807, 2.05) is 30.3 Å². The number of amides is 1. The summed E-state index contributed by atoms with van der Waals surface area (Å²) in [6, 6.07) is 20.9. The number of Topliss-reactive ketones (excluding diaryl/α,β-unsaturated/α-hetero) is 1. The average molecular weight is 357 g/mol. The topological polar surface area (TPSA) is 37.4 Å². The highest BCUT2D eigenvalue weighted by atomic mass is 19.1. The molecule has 1 amide bonds. The summed E-state index contributed by atoms with van der Waals surface area (Å²) in [5.41, 5.74) is 4.15. The second kappa shape index (κ2) is 6.65. The Morgan fingerprint density at radius 3 is 2.11 bits per heavy atom. The lowest BCUT2D eigenvalue weighted by atomic mass is 10.0. The number of para-hydroxylation sites is 1. The Kier molecular flexibility index (Phi) is 4.16. The molecular weight excluding hydrogens is 341 g/mol. The van der Waals surface area contributed by atoms with Crippen LogP contribution in [-0.4, -0.2) is 11.7 Å². The van der Waals surface area contributed by atoms with E-state index in [-0.39, 0.29) is 17.5 Å². The van der Waals surface area contributed by atoms with Crippen molar-refractivity contribution >= 4 is 23.5 Å². The number of carbonyl (C=O) groups is 2. The van der Waals surface area contributed by atoms with Crippen LogP contribution in [0.5, 0.6) is 0 Å². The third-order valence-corrected chi connectivity index (χ3v) is 4.57. The van der Waals surface area contributed by atoms with Crippen molar-refractivity contribution in [3.63, 3.8) is 0 Å². The molecule has 1 aliphatic rings. The molecule has 0 fully saturated rings. The molecule has 0 unspecified atom stereocenters. The van der Waals surface area contributed by atoms with Crippen molar-refractivity contribution in [3.05, 3.63) is 95.4 Å². The molecule has 4 rings (SSSR count). The Labute approximate surface area is 156 Å². The minimum atomic E-state index is -0.274. The lowest BCUT2D eigenvalue weighted by Gasteiger charge is -2.16. The molecule has 0 N–H and O–H groups in total. The molecule has 1 heterocycles. The van der Waals surface area contributed by atoms with E-state index in [0.717, 1.165) is 16.7 Å². The number of hydrogen-bond acceptors (Lipinski definition) is 2. The van der Waals surface area contributed by atoms with E-state index < -0.39 is 0 Å². The number of nitrogens with zero attached hydrogens (tertiary/aromatic N) is 1. The van der Waals surface area contributed by atoms with Crippen molar-refractivity contribution in [1.82, 2.24) is 0 Å². The van der Waals surface area contributed by atoms with Crippen molar-refractivity contribution in [2.45, 2.75) is 6.92 Å². The number of hydrogen-bond donors (Lipinski definition) is 0. The van der Waals surface area contributed by atoms with Gasteiger partial charge in [-0.3, -0.25) is 14.5 Å². The molecule has 0 saturated heterocycles. The van der Waals surface area contributed by atoms with Gasteiger partial charge in [0.05, 0.1) is 11.4 Å². The second-order valence-corrected chi connectivity index (χ2v) is 6.36. The highest BCUT2D eigenvalue weighted by Gasteiger charge is 2.34. The van der Waals surface area contributed by atoms with Crippen LogP contribution < -0.4 is 4.90 Å². The molecule has 3 nitrogen and oxygen atoms in total. The second-order valence-electron chi connectivity index (χ2n) is 6.36. The predicted molar refractivity (Wildman–Crippen MR) is 104 cm³/mol. The Bertz CT molecular complexity index is 1070. The molecular formula is C23H16FNO2. The van der Waals surface area contributed by atoms with Crippen LogP contribution in [0.3, 0.4) is 0 Å². The van der Waals surface area contributed by atoms with Crippen LogP contribution in [0.25, 0.3) is 17.2 Å². The normalized spacial score (nSPS) is 14.5. The maximum atomic E-state index is 13.1. The zero-order valence-corrected chi connectivity index (χ0v) is 14.6. The molecule has 3 aromatic carbocycles. The molecule has 3 aromatic rings. The molecule has 132 valence electrons. The fraction of sp³-hybridized carbons (Fsp3) is 0.0435. The summed E-state index contributed by atoms with van der Waals surface area (Å²) in [4.78, 5) is 26.3. The molecule has 0 saturated carbocycles. The summed E-state index contributed by atoms with van der Waals surface area (Å²) in [6.45, 7) is 1.45. The van der Waals surface area contributed by atoms with E-state index in [2.05, 4.69) is 0 Å². The first kappa shape index (κ1) is 16.9. The zero-order chi connectivity index (χ0) is 19.0. The fourth-order valence-corrected chi connectivity index (χ4v) is 3.27. The van der Waals surface area contributed by atoms with Gasteiger partial charge in [-0.05, 0) is 47.0 Å². The summed E-state index contributed by atoms with van der Waals surface area (Å²) >= 11 is 0. The van der Waals surface area contributed by atoms with Gasteiger partial charge in [-0.1, -0.05) is 48.5 Å². The Morgan fingerprint density at radius 1 is 0.889 bits per heavy atom. The maximum absolute atomic E-state index is 13.1. The van der Waals surface area contributed by atoms with Gasteiger partial charge in [-0.25, -0.2) is 4.39 Å². The predicted octanol–water partition coefficient (Wildman–Crippen LogP) is 5.08. The van der Waals surface area contributed by atoms with Gasteiger partial charge in [0.25, 0.3) is 0 Å². The number of rotatable bonds is 2. The van der Waals surface area contributed by atoms with Crippen LogP contribution in [-0.2, 0) is 4.79 Å². The molecule has 0 aromatic heterocycles. The van der Waals surface area contributed by atoms with Crippen molar-refractivity contribution in [3.8, 4) is 11.1 Å². The largest absolute Gasteiger partial charge is 0.287 e. The smallest absolute Gasteiger partial charge is 0.228 e. The van der Waals surface area contributed by atoms with Gasteiger partial charge in [-0.15, -0.1) is 0 Å². The number of halogens is 1. The van der Waals surface area contributed by atoms with Crippen LogP contribution in [0.1, 0.15) is 22.8 Å². The highest BCUT2D eigenvalue weighted by Crippen LogP contribution is 2.35. The summed E-state index contributed by atoms with van der Waals surface area (Å²) in [5, 5.41) is 0. The van der Waals surface area contributed by atoms with E-state index >= 15 is 0 Å². The van der Waals surface area contributed by atoms with Crippen molar-refractivity contribution < 1.29 is 14.0 Å². The minimum absolute atomic E-state index is 0.164. The average Bonchev–Trinajstić information content (AvgIpc) is 2.95. The number of benzene rings is 3. The maximum Gasteiger partial charge on any atom is 0.228 e. The van der Waals surface area contributed by atoms with Crippen LogP contribution in [0.4, 0.5) is 10.1 Å². The van der Waals surface area contributed by atoms with Crippen molar-refractivity contribution in [2.75, 3.05) is 4.90 Å². The lowest BCUT2D eigenvalue weighted by Crippen LogP contribution is -2.25. The number of ketones is 1. The molecule has 0 bridgehead atoms. The Morgan fingerprint density at radius 2 is 1.48 bits per heavy atom. The highest BCUT2D eigenvalue weighted by molar-refractivity contribution is 6.26. The number of carbonyl (C=O) groups excluding carboxylic acids is 2. The summed E-state index contributed by atoms with van der Waals surface area (Å²) < 4.78 is 13.1. The van der Waals surface area contributed by atoms with Gasteiger partial charge in [0.15, 0.2) is 0 Å². The van der Waals surface area contributed by atoms with E-state index in [1.165, 1.54) is 24.0 Å². The molecule has 0 atom stereocenters. The van der Waals surface area contributed by atoms with Crippen molar-refractivity contribution in [1.29, 1.82) is 0 Å². The summed E-state index contributed by atoms with van der Waals surface area (Å²) in [5.74, 6) is -0.644. The van der Waals surface area contributed by atoms with Crippen LogP contribution in [0, 0.1) is 5.82 Å². The quantitative estimate of drug-likeness (QED) is 0.600. The Hall–Kier alpha value is -3.53. The van der Waals surface area contributed by atoms with Crippen LogP contribution >= 0.6 is 0 Å². The molecule has 0 radical (unpaired) electrons. The van der Waals surface area contributed by atoms with Gasteiger partial charge < -0.3 is 0 Å². The third-order valence-electron chi connectivity index (χ3n) is 4.57. The van der Waals surface area contributed by atoms with E-state index in [9.17, 15) is 14.0 Å². The van der Waals surface area contributed by atoms with Gasteiger partial charge >= 0.3 is 0 Å². The van der Waals surface area contributed by atoms with Gasteiger partial charge in [0.2, 0.25) is 11.7 Å². The zero-order valence-electron chi connectivity index (χ0n) is 14.6. The summed E-state index contributed by atoms with van der Waals surface area (Å²) in [7, 11) is 0. The molecule has 0 spiro atoms. The lowest BCUT2D eigenvalue weighted by molar-refractivity contribution is -0.116. The molecule has 1 aliphatic heterocycles. The molecule has 27 heavy (non-hydrogen) atoms. The first-order valence-corrected chi connectivity index (χ1v) is 8.57. The summed E-state index contributed by atoms with van der Waals surface area (Å²) in [6.07, 6.45) is 1.72. The third kappa shape index (κ3) is 3.06. The minimum Gasteiger partial charge on any atom is -0.287 e. The molecule has 0 aliphatic carbocycles. The Balaban J connectivity index is 1.70. The first-order valence-electron chi connectivity index (χ1n) is 8.57. The number of fused-ring (bicyclic) bond motifs is 1. The molecule has 4 heteroatoms. The first-order chi connectivity index (χ1) is 13.0.